The second-order valence-corrected chi connectivity index (χ2v) is 6.24. The van der Waals surface area contributed by atoms with E-state index >= 15 is 0 Å². The van der Waals surface area contributed by atoms with E-state index in [1.54, 1.807) is 30.3 Å². The number of benzene rings is 1. The molecule has 1 atom stereocenters. The molecule has 0 aliphatic heterocycles. The van der Waals surface area contributed by atoms with Crippen LogP contribution in [0.15, 0.2) is 36.9 Å². The molecule has 1 aromatic rings. The van der Waals surface area contributed by atoms with Gasteiger partial charge in [-0.05, 0) is 45.0 Å². The van der Waals surface area contributed by atoms with Crippen molar-refractivity contribution in [2.45, 2.75) is 38.8 Å². The Labute approximate surface area is 142 Å². The first-order chi connectivity index (χ1) is 11.2. The van der Waals surface area contributed by atoms with Crippen LogP contribution < -0.4 is 10.1 Å². The summed E-state index contributed by atoms with van der Waals surface area (Å²) in [5.41, 5.74) is 0.0119. The Morgan fingerprint density at radius 1 is 1.29 bits per heavy atom. The monoisotopic (exact) mass is 335 g/mol. The molecule has 0 aliphatic carbocycles. The molecule has 2 N–H and O–H groups in total. The zero-order valence-electron chi connectivity index (χ0n) is 14.4. The Morgan fingerprint density at radius 3 is 2.42 bits per heavy atom. The molecular formula is C18H25NO5. The van der Waals surface area contributed by atoms with Crippen LogP contribution in [0.4, 0.5) is 0 Å². The highest BCUT2D eigenvalue weighted by molar-refractivity contribution is 5.96. The average molecular weight is 335 g/mol. The fourth-order valence-electron chi connectivity index (χ4n) is 1.84. The SMILES string of the molecule is C=CCOc1ccc(C(=O)NC(CCOC(C)(C)C)C(=O)O)cc1. The number of carboxylic acid groups (broad SMARTS) is 1. The van der Waals surface area contributed by atoms with Gasteiger partial charge < -0.3 is 19.9 Å². The normalized spacial score (nSPS) is 12.3. The van der Waals surface area contributed by atoms with Gasteiger partial charge in [-0.25, -0.2) is 4.79 Å². The first-order valence-electron chi connectivity index (χ1n) is 7.74. The molecule has 1 unspecified atom stereocenters. The number of carbonyl (C=O) groups excluding carboxylic acids is 1. The van der Waals surface area contributed by atoms with E-state index in [2.05, 4.69) is 11.9 Å². The summed E-state index contributed by atoms with van der Waals surface area (Å²) in [5, 5.41) is 11.7. The summed E-state index contributed by atoms with van der Waals surface area (Å²) in [6.45, 7) is 9.83. The van der Waals surface area contributed by atoms with Crippen molar-refractivity contribution in [1.82, 2.24) is 5.32 Å². The Balaban J connectivity index is 2.61. The molecular weight excluding hydrogens is 310 g/mol. The summed E-state index contributed by atoms with van der Waals surface area (Å²) in [5.74, 6) is -0.931. The smallest absolute Gasteiger partial charge is 0.326 e. The molecule has 0 aliphatic rings. The largest absolute Gasteiger partial charge is 0.490 e. The topological polar surface area (TPSA) is 84.9 Å². The molecule has 1 rings (SSSR count). The summed E-state index contributed by atoms with van der Waals surface area (Å²) in [6.07, 6.45) is 1.82. The van der Waals surface area contributed by atoms with E-state index in [0.29, 0.717) is 17.9 Å². The summed E-state index contributed by atoms with van der Waals surface area (Å²) >= 11 is 0. The maximum Gasteiger partial charge on any atom is 0.326 e. The third-order valence-corrected chi connectivity index (χ3v) is 3.03. The molecule has 0 saturated heterocycles. The van der Waals surface area contributed by atoms with E-state index in [9.17, 15) is 14.7 Å². The summed E-state index contributed by atoms with van der Waals surface area (Å²) in [6, 6.07) is 5.46. The lowest BCUT2D eigenvalue weighted by atomic mass is 10.1. The fourth-order valence-corrected chi connectivity index (χ4v) is 1.84. The van der Waals surface area contributed by atoms with Gasteiger partial charge in [-0.2, -0.15) is 0 Å². The molecule has 0 spiro atoms. The van der Waals surface area contributed by atoms with Crippen molar-refractivity contribution in [1.29, 1.82) is 0 Å². The van der Waals surface area contributed by atoms with Crippen molar-refractivity contribution in [3.63, 3.8) is 0 Å². The van der Waals surface area contributed by atoms with Gasteiger partial charge in [0, 0.05) is 18.6 Å². The van der Waals surface area contributed by atoms with Crippen molar-refractivity contribution >= 4 is 11.9 Å². The van der Waals surface area contributed by atoms with Gasteiger partial charge in [-0.1, -0.05) is 12.7 Å². The number of amides is 1. The second kappa shape index (κ2) is 9.08. The van der Waals surface area contributed by atoms with Gasteiger partial charge in [-0.15, -0.1) is 0 Å². The molecule has 0 bridgehead atoms. The molecule has 0 aromatic heterocycles. The van der Waals surface area contributed by atoms with Crippen LogP contribution in [-0.4, -0.2) is 41.8 Å². The van der Waals surface area contributed by atoms with Crippen LogP contribution in [-0.2, 0) is 9.53 Å². The number of carbonyl (C=O) groups is 2. The van der Waals surface area contributed by atoms with Gasteiger partial charge in [0.2, 0.25) is 0 Å². The zero-order chi connectivity index (χ0) is 18.2. The number of rotatable bonds is 9. The third kappa shape index (κ3) is 7.28. The number of nitrogens with one attached hydrogen (secondary N) is 1. The molecule has 6 nitrogen and oxygen atoms in total. The molecule has 0 radical (unpaired) electrons. The fraction of sp³-hybridized carbons (Fsp3) is 0.444. The van der Waals surface area contributed by atoms with Gasteiger partial charge in [0.05, 0.1) is 5.60 Å². The highest BCUT2D eigenvalue weighted by atomic mass is 16.5. The van der Waals surface area contributed by atoms with E-state index in [4.69, 9.17) is 9.47 Å². The Bertz CT molecular complexity index is 560. The van der Waals surface area contributed by atoms with Crippen molar-refractivity contribution in [3.8, 4) is 5.75 Å². The van der Waals surface area contributed by atoms with Gasteiger partial charge in [0.25, 0.3) is 5.91 Å². The number of carboxylic acids is 1. The maximum absolute atomic E-state index is 12.2. The number of aliphatic carboxylic acids is 1. The lowest BCUT2D eigenvalue weighted by molar-refractivity contribution is -0.140. The van der Waals surface area contributed by atoms with Crippen molar-refractivity contribution in [3.05, 3.63) is 42.5 Å². The summed E-state index contributed by atoms with van der Waals surface area (Å²) < 4.78 is 10.8. The predicted molar refractivity (Wildman–Crippen MR) is 91.3 cm³/mol. The van der Waals surface area contributed by atoms with Crippen molar-refractivity contribution in [2.75, 3.05) is 13.2 Å². The van der Waals surface area contributed by atoms with Gasteiger partial charge in [0.1, 0.15) is 18.4 Å². The van der Waals surface area contributed by atoms with Crippen LogP contribution in [0.3, 0.4) is 0 Å². The van der Waals surface area contributed by atoms with Crippen LogP contribution >= 0.6 is 0 Å². The average Bonchev–Trinajstić information content (AvgIpc) is 2.51. The first-order valence-corrected chi connectivity index (χ1v) is 7.74. The molecule has 0 saturated carbocycles. The van der Waals surface area contributed by atoms with Crippen LogP contribution in [0.1, 0.15) is 37.6 Å². The minimum Gasteiger partial charge on any atom is -0.490 e. The van der Waals surface area contributed by atoms with Crippen LogP contribution in [0.5, 0.6) is 5.75 Å². The van der Waals surface area contributed by atoms with Crippen LogP contribution in [0.25, 0.3) is 0 Å². The third-order valence-electron chi connectivity index (χ3n) is 3.03. The molecule has 6 heteroatoms. The minimum absolute atomic E-state index is 0.193. The van der Waals surface area contributed by atoms with E-state index in [-0.39, 0.29) is 18.6 Å². The van der Waals surface area contributed by atoms with E-state index in [1.165, 1.54) is 0 Å². The molecule has 1 amide bonds. The molecule has 24 heavy (non-hydrogen) atoms. The Hall–Kier alpha value is -2.34. The minimum atomic E-state index is -1.09. The predicted octanol–water partition coefficient (Wildman–Crippen LogP) is 2.64. The highest BCUT2D eigenvalue weighted by Crippen LogP contribution is 2.13. The zero-order valence-corrected chi connectivity index (χ0v) is 14.4. The van der Waals surface area contributed by atoms with Gasteiger partial charge >= 0.3 is 5.97 Å². The lowest BCUT2D eigenvalue weighted by Gasteiger charge is -2.21. The quantitative estimate of drug-likeness (QED) is 0.678. The van der Waals surface area contributed by atoms with Gasteiger partial charge in [0.15, 0.2) is 0 Å². The second-order valence-electron chi connectivity index (χ2n) is 6.24. The van der Waals surface area contributed by atoms with E-state index in [0.717, 1.165) is 0 Å². The molecule has 0 fully saturated rings. The number of hydrogen-bond acceptors (Lipinski definition) is 4. The van der Waals surface area contributed by atoms with Crippen LogP contribution in [0.2, 0.25) is 0 Å². The lowest BCUT2D eigenvalue weighted by Crippen LogP contribution is -2.42. The van der Waals surface area contributed by atoms with Crippen molar-refractivity contribution < 1.29 is 24.2 Å². The standard InChI is InChI=1S/C18H25NO5/c1-5-11-23-14-8-6-13(7-9-14)16(20)19-15(17(21)22)10-12-24-18(2,3)4/h5-9,15H,1,10-12H2,2-4H3,(H,19,20)(H,21,22). The summed E-state index contributed by atoms with van der Waals surface area (Å²) in [7, 11) is 0. The maximum atomic E-state index is 12.2. The van der Waals surface area contributed by atoms with E-state index < -0.39 is 17.9 Å². The Morgan fingerprint density at radius 2 is 1.92 bits per heavy atom. The summed E-state index contributed by atoms with van der Waals surface area (Å²) in [4.78, 5) is 23.5. The molecule has 0 heterocycles. The van der Waals surface area contributed by atoms with Crippen molar-refractivity contribution in [2.24, 2.45) is 0 Å². The highest BCUT2D eigenvalue weighted by Gasteiger charge is 2.21. The first kappa shape index (κ1) is 19.7. The number of hydrogen-bond donors (Lipinski definition) is 2. The van der Waals surface area contributed by atoms with Gasteiger partial charge in [-0.3, -0.25) is 4.79 Å². The Kier molecular flexibility index (Phi) is 7.45. The van der Waals surface area contributed by atoms with Crippen LogP contribution in [0, 0.1) is 0 Å². The van der Waals surface area contributed by atoms with E-state index in [1.807, 2.05) is 20.8 Å². The molecule has 132 valence electrons. The number of ether oxygens (including phenoxy) is 2. The molecule has 1 aromatic carbocycles.